The molecule has 11 nitrogen and oxygen atoms in total. The van der Waals surface area contributed by atoms with Crippen LogP contribution in [0.5, 0.6) is 11.6 Å². The average Bonchev–Trinajstić information content (AvgIpc) is 2.92. The fourth-order valence-corrected chi connectivity index (χ4v) is 5.76. The number of aliphatic hydroxyl groups excluding tert-OH is 5. The van der Waals surface area contributed by atoms with E-state index in [1.165, 1.54) is 13.2 Å². The maximum absolute atomic E-state index is 12.8. The van der Waals surface area contributed by atoms with E-state index in [0.29, 0.717) is 34.1 Å². The number of rotatable bonds is 6. The average molecular weight is 517 g/mol. The fourth-order valence-electron chi connectivity index (χ4n) is 5.76. The lowest BCUT2D eigenvalue weighted by molar-refractivity contribution is -0.279. The van der Waals surface area contributed by atoms with Gasteiger partial charge in [-0.1, -0.05) is 6.08 Å². The number of aromatic nitrogens is 1. The third-order valence-corrected chi connectivity index (χ3v) is 7.89. The summed E-state index contributed by atoms with van der Waals surface area (Å²) in [6, 6.07) is 6.46. The van der Waals surface area contributed by atoms with E-state index in [9.17, 15) is 30.3 Å². The van der Waals surface area contributed by atoms with E-state index in [1.54, 1.807) is 18.2 Å². The monoisotopic (exact) mass is 516 g/mol. The highest BCUT2D eigenvalue weighted by molar-refractivity contribution is 5.86. The molecule has 0 radical (unpaired) electrons. The zero-order valence-electron chi connectivity index (χ0n) is 20.4. The number of carbonyl (C=O) groups is 1. The number of hydrogen-bond donors (Lipinski definition) is 5. The van der Waals surface area contributed by atoms with Crippen LogP contribution in [0, 0.1) is 11.8 Å². The summed E-state index contributed by atoms with van der Waals surface area (Å²) < 4.78 is 15.7. The van der Waals surface area contributed by atoms with Gasteiger partial charge >= 0.3 is 5.97 Å². The Bertz CT molecular complexity index is 1180. The first kappa shape index (κ1) is 26.0. The molecular weight excluding hydrogens is 484 g/mol. The van der Waals surface area contributed by atoms with Crippen LogP contribution in [0.3, 0.4) is 0 Å². The summed E-state index contributed by atoms with van der Waals surface area (Å²) >= 11 is 0. The van der Waals surface area contributed by atoms with Gasteiger partial charge in [-0.3, -0.25) is 4.90 Å². The fraction of sp³-hybridized carbons (Fsp3) is 0.538. The van der Waals surface area contributed by atoms with Crippen LogP contribution in [0.1, 0.15) is 24.5 Å². The van der Waals surface area contributed by atoms with Crippen molar-refractivity contribution in [3.63, 3.8) is 0 Å². The first-order chi connectivity index (χ1) is 17.7. The molecule has 6 unspecified atom stereocenters. The molecule has 4 aliphatic heterocycles. The Morgan fingerprint density at radius 3 is 2.68 bits per heavy atom. The van der Waals surface area contributed by atoms with E-state index in [4.69, 9.17) is 14.2 Å². The Balaban J connectivity index is 1.46. The second-order valence-corrected chi connectivity index (χ2v) is 9.96. The van der Waals surface area contributed by atoms with Gasteiger partial charge < -0.3 is 39.7 Å². The molecule has 4 saturated heterocycles. The number of carbonyl (C=O) groups excluding carboxylic acids is 1. The molecule has 2 bridgehead atoms. The number of pyridine rings is 1. The molecular formula is C26H32N2O9. The molecule has 37 heavy (non-hydrogen) atoms. The zero-order chi connectivity index (χ0) is 26.4. The number of aliphatic hydroxyl groups is 5. The standard InChI is InChI=1S/C26H32N2O9/c1-3-12-11-28-7-6-13(12)8-18(28)20(29)16-10-19(27-17-5-4-14(35-2)9-15(16)17)36-26(34)24-22(31)21(30)23(32)25(33)37-24/h3-5,9-10,12-13,18,20-25,29-33H,1,6-8,11H2,2H3/t12-,13-,18+,20-,21?,22?,23?,24?,25?/m0/s1. The molecule has 0 saturated carbocycles. The summed E-state index contributed by atoms with van der Waals surface area (Å²) in [5.74, 6) is 0.120. The van der Waals surface area contributed by atoms with Crippen LogP contribution < -0.4 is 9.47 Å². The maximum Gasteiger partial charge on any atom is 0.344 e. The lowest BCUT2D eigenvalue weighted by Gasteiger charge is -2.50. The van der Waals surface area contributed by atoms with Crippen LogP contribution >= 0.6 is 0 Å². The number of esters is 1. The number of methoxy groups -OCH3 is 1. The first-order valence-electron chi connectivity index (χ1n) is 12.3. The van der Waals surface area contributed by atoms with Crippen molar-refractivity contribution in [1.82, 2.24) is 9.88 Å². The minimum Gasteiger partial charge on any atom is -0.497 e. The Morgan fingerprint density at radius 1 is 1.22 bits per heavy atom. The van der Waals surface area contributed by atoms with Crippen LogP contribution in [-0.2, 0) is 9.53 Å². The van der Waals surface area contributed by atoms with Gasteiger partial charge in [0.25, 0.3) is 0 Å². The molecule has 4 fully saturated rings. The van der Waals surface area contributed by atoms with Gasteiger partial charge in [0.15, 0.2) is 12.4 Å². The Hall–Kier alpha value is -2.64. The van der Waals surface area contributed by atoms with Crippen molar-refractivity contribution in [2.24, 2.45) is 11.8 Å². The summed E-state index contributed by atoms with van der Waals surface area (Å²) in [6.07, 6.45) is -6.17. The summed E-state index contributed by atoms with van der Waals surface area (Å²) in [5.41, 5.74) is 0.945. The van der Waals surface area contributed by atoms with Gasteiger partial charge in [-0.15, -0.1) is 6.58 Å². The van der Waals surface area contributed by atoms with Gasteiger partial charge in [0.1, 0.15) is 24.1 Å². The van der Waals surface area contributed by atoms with Crippen LogP contribution in [0.25, 0.3) is 10.9 Å². The van der Waals surface area contributed by atoms with Gasteiger partial charge in [0.05, 0.1) is 18.7 Å². The third kappa shape index (κ3) is 4.72. The van der Waals surface area contributed by atoms with Crippen molar-refractivity contribution >= 4 is 16.9 Å². The molecule has 0 amide bonds. The molecule has 5 heterocycles. The predicted octanol–water partition coefficient (Wildman–Crippen LogP) is -0.121. The summed E-state index contributed by atoms with van der Waals surface area (Å²) in [6.45, 7) is 5.64. The molecule has 0 aliphatic carbocycles. The van der Waals surface area contributed by atoms with Gasteiger partial charge in [-0.2, -0.15) is 0 Å². The van der Waals surface area contributed by atoms with Crippen LogP contribution in [0.2, 0.25) is 0 Å². The minimum atomic E-state index is -1.89. The molecule has 2 aromatic rings. The van der Waals surface area contributed by atoms with E-state index in [1.807, 2.05) is 6.08 Å². The maximum atomic E-state index is 12.8. The highest BCUT2D eigenvalue weighted by Crippen LogP contribution is 2.43. The number of fused-ring (bicyclic) bond motifs is 4. The first-order valence-corrected chi connectivity index (χ1v) is 12.3. The van der Waals surface area contributed by atoms with Crippen LogP contribution in [0.15, 0.2) is 36.9 Å². The molecule has 1 aromatic heterocycles. The van der Waals surface area contributed by atoms with Gasteiger partial charge in [0.2, 0.25) is 5.88 Å². The largest absolute Gasteiger partial charge is 0.497 e. The van der Waals surface area contributed by atoms with Gasteiger partial charge in [-0.25, -0.2) is 9.78 Å². The highest BCUT2D eigenvalue weighted by Gasteiger charge is 2.47. The van der Waals surface area contributed by atoms with Gasteiger partial charge in [0, 0.05) is 24.0 Å². The molecule has 5 N–H and O–H groups in total. The van der Waals surface area contributed by atoms with E-state index < -0.39 is 42.8 Å². The lowest BCUT2D eigenvalue weighted by atomic mass is 9.73. The molecule has 11 heteroatoms. The highest BCUT2D eigenvalue weighted by atomic mass is 16.7. The van der Waals surface area contributed by atoms with E-state index >= 15 is 0 Å². The Morgan fingerprint density at radius 2 is 2.00 bits per heavy atom. The number of piperidine rings is 3. The SMILES string of the molecule is C=C[C@H]1CN2CC[C@H]1C[C@@H]2[C@@H](O)c1cc(OC(=O)C2OC(O)C(O)C(O)C2O)nc2ccc(OC)cc12. The number of benzene rings is 1. The number of hydrogen-bond acceptors (Lipinski definition) is 11. The molecule has 0 spiro atoms. The van der Waals surface area contributed by atoms with E-state index in [0.717, 1.165) is 25.9 Å². The second kappa shape index (κ2) is 10.3. The molecule has 1 aromatic carbocycles. The summed E-state index contributed by atoms with van der Waals surface area (Å²) in [4.78, 5) is 19.5. The van der Waals surface area contributed by atoms with Crippen LogP contribution in [0.4, 0.5) is 0 Å². The molecule has 4 aliphatic rings. The summed E-state index contributed by atoms with van der Waals surface area (Å²) in [5, 5.41) is 51.8. The molecule has 200 valence electrons. The topological polar surface area (TPSA) is 162 Å². The van der Waals surface area contributed by atoms with Gasteiger partial charge in [-0.05, 0) is 55.0 Å². The third-order valence-electron chi connectivity index (χ3n) is 7.89. The number of nitrogens with zero attached hydrogens (tertiary/aromatic N) is 2. The van der Waals surface area contributed by atoms with Crippen molar-refractivity contribution in [3.8, 4) is 11.6 Å². The Kier molecular flexibility index (Phi) is 7.20. The lowest BCUT2D eigenvalue weighted by Crippen LogP contribution is -2.60. The summed E-state index contributed by atoms with van der Waals surface area (Å²) in [7, 11) is 1.54. The molecule has 10 atom stereocenters. The predicted molar refractivity (Wildman–Crippen MR) is 130 cm³/mol. The smallest absolute Gasteiger partial charge is 0.344 e. The molecule has 6 rings (SSSR count). The quantitative estimate of drug-likeness (QED) is 0.257. The van der Waals surface area contributed by atoms with Crippen LogP contribution in [-0.4, -0.2) is 98.3 Å². The van der Waals surface area contributed by atoms with Crippen molar-refractivity contribution in [3.05, 3.63) is 42.5 Å². The minimum absolute atomic E-state index is 0.148. The van der Waals surface area contributed by atoms with Crippen molar-refractivity contribution in [1.29, 1.82) is 0 Å². The number of ether oxygens (including phenoxy) is 3. The van der Waals surface area contributed by atoms with E-state index in [-0.39, 0.29) is 11.9 Å². The second-order valence-electron chi connectivity index (χ2n) is 9.96. The normalized spacial score (nSPS) is 36.2. The van der Waals surface area contributed by atoms with Crippen molar-refractivity contribution < 1.29 is 44.5 Å². The van der Waals surface area contributed by atoms with E-state index in [2.05, 4.69) is 16.5 Å². The van der Waals surface area contributed by atoms with Crippen molar-refractivity contribution in [2.45, 2.75) is 55.7 Å². The van der Waals surface area contributed by atoms with Crippen molar-refractivity contribution in [2.75, 3.05) is 20.2 Å². The Labute approximate surface area is 213 Å². The zero-order valence-corrected chi connectivity index (χ0v) is 20.4.